The molecule has 0 aromatic rings. The van der Waals surface area contributed by atoms with Crippen molar-refractivity contribution in [3.05, 3.63) is 0 Å². The lowest BCUT2D eigenvalue weighted by atomic mass is 10.0. The summed E-state index contributed by atoms with van der Waals surface area (Å²) in [7, 11) is 1.96. The molecule has 2 bridgehead atoms. The first-order valence-corrected chi connectivity index (χ1v) is 8.01. The average Bonchev–Trinajstić information content (AvgIpc) is 2.81. The van der Waals surface area contributed by atoms with Crippen LogP contribution in [-0.2, 0) is 4.79 Å². The normalized spacial score (nSPS) is 40.4. The number of carbonyl (C=O) groups excluding carboxylic acids is 1. The van der Waals surface area contributed by atoms with Crippen LogP contribution in [0.1, 0.15) is 39.5 Å². The third kappa shape index (κ3) is 2.20. The molecule has 3 aliphatic carbocycles. The van der Waals surface area contributed by atoms with Crippen molar-refractivity contribution in [2.75, 3.05) is 13.6 Å². The highest BCUT2D eigenvalue weighted by Crippen LogP contribution is 2.69. The van der Waals surface area contributed by atoms with Crippen molar-refractivity contribution >= 4 is 5.91 Å². The van der Waals surface area contributed by atoms with Crippen molar-refractivity contribution in [1.29, 1.82) is 0 Å². The molecule has 0 aromatic heterocycles. The van der Waals surface area contributed by atoms with E-state index >= 15 is 0 Å². The molecular formula is C16H28N2O. The lowest BCUT2D eigenvalue weighted by Gasteiger charge is -2.22. The molecule has 5 unspecified atom stereocenters. The number of nitrogens with zero attached hydrogens (tertiary/aromatic N) is 1. The van der Waals surface area contributed by atoms with Crippen LogP contribution in [-0.4, -0.2) is 30.4 Å². The van der Waals surface area contributed by atoms with Gasteiger partial charge in [0.15, 0.2) is 0 Å². The van der Waals surface area contributed by atoms with Gasteiger partial charge in [-0.1, -0.05) is 13.8 Å². The van der Waals surface area contributed by atoms with Gasteiger partial charge in [-0.15, -0.1) is 0 Å². The lowest BCUT2D eigenvalue weighted by molar-refractivity contribution is -0.132. The molecule has 3 nitrogen and oxygen atoms in total. The minimum atomic E-state index is 0.213. The highest BCUT2D eigenvalue weighted by atomic mass is 16.2. The second kappa shape index (κ2) is 4.76. The zero-order chi connectivity index (χ0) is 13.7. The SMILES string of the molecule is CC(C)C(N)CCN(C)C(=O)C1C2C3CCC(C3)C12. The van der Waals surface area contributed by atoms with E-state index in [0.29, 0.717) is 17.7 Å². The van der Waals surface area contributed by atoms with E-state index in [-0.39, 0.29) is 6.04 Å². The molecule has 3 heteroatoms. The van der Waals surface area contributed by atoms with Crippen LogP contribution < -0.4 is 5.73 Å². The fourth-order valence-electron chi connectivity index (χ4n) is 4.70. The number of hydrogen-bond acceptors (Lipinski definition) is 2. The Morgan fingerprint density at radius 2 is 1.84 bits per heavy atom. The van der Waals surface area contributed by atoms with Gasteiger partial charge in [-0.3, -0.25) is 4.79 Å². The van der Waals surface area contributed by atoms with Crippen molar-refractivity contribution < 1.29 is 4.79 Å². The Morgan fingerprint density at radius 3 is 2.37 bits per heavy atom. The molecule has 0 heterocycles. The van der Waals surface area contributed by atoms with Crippen LogP contribution in [0, 0.1) is 35.5 Å². The second-order valence-corrected chi connectivity index (χ2v) is 7.47. The summed E-state index contributed by atoms with van der Waals surface area (Å²) in [6.07, 6.45) is 5.12. The van der Waals surface area contributed by atoms with Crippen molar-refractivity contribution in [3.8, 4) is 0 Å². The van der Waals surface area contributed by atoms with Gasteiger partial charge < -0.3 is 10.6 Å². The lowest BCUT2D eigenvalue weighted by Crippen LogP contribution is -2.36. The highest BCUT2D eigenvalue weighted by Gasteiger charge is 2.67. The molecule has 0 spiro atoms. The van der Waals surface area contributed by atoms with Crippen LogP contribution in [0.4, 0.5) is 0 Å². The fourth-order valence-corrected chi connectivity index (χ4v) is 4.70. The highest BCUT2D eigenvalue weighted by molar-refractivity contribution is 5.82. The Morgan fingerprint density at radius 1 is 1.26 bits per heavy atom. The van der Waals surface area contributed by atoms with Gasteiger partial charge >= 0.3 is 0 Å². The van der Waals surface area contributed by atoms with E-state index in [0.717, 1.165) is 36.6 Å². The van der Waals surface area contributed by atoms with Crippen molar-refractivity contribution in [1.82, 2.24) is 4.90 Å². The summed E-state index contributed by atoms with van der Waals surface area (Å²) < 4.78 is 0. The van der Waals surface area contributed by atoms with Crippen molar-refractivity contribution in [2.24, 2.45) is 41.2 Å². The predicted molar refractivity (Wildman–Crippen MR) is 76.4 cm³/mol. The quantitative estimate of drug-likeness (QED) is 0.826. The van der Waals surface area contributed by atoms with Gasteiger partial charge in [-0.2, -0.15) is 0 Å². The van der Waals surface area contributed by atoms with Gasteiger partial charge in [0.1, 0.15) is 0 Å². The predicted octanol–water partition coefficient (Wildman–Crippen LogP) is 2.11. The van der Waals surface area contributed by atoms with Gasteiger partial charge in [0.2, 0.25) is 5.91 Å². The third-order valence-electron chi connectivity index (χ3n) is 6.05. The summed E-state index contributed by atoms with van der Waals surface area (Å²) in [5.41, 5.74) is 6.06. The molecule has 2 N–H and O–H groups in total. The van der Waals surface area contributed by atoms with Gasteiger partial charge in [-0.25, -0.2) is 0 Å². The van der Waals surface area contributed by atoms with Gasteiger partial charge in [0.25, 0.3) is 0 Å². The molecule has 19 heavy (non-hydrogen) atoms. The molecule has 0 aliphatic heterocycles. The standard InChI is InChI=1S/C16H28N2O/c1-9(2)12(17)6-7-18(3)16(19)15-13-10-4-5-11(8-10)14(13)15/h9-15H,4-8,17H2,1-3H3. The largest absolute Gasteiger partial charge is 0.345 e. The van der Waals surface area contributed by atoms with Crippen LogP contribution in [0.3, 0.4) is 0 Å². The zero-order valence-corrected chi connectivity index (χ0v) is 12.5. The van der Waals surface area contributed by atoms with E-state index in [9.17, 15) is 4.79 Å². The van der Waals surface area contributed by atoms with Crippen molar-refractivity contribution in [3.63, 3.8) is 0 Å². The number of nitrogens with two attached hydrogens (primary N) is 1. The maximum absolute atomic E-state index is 12.5. The first-order valence-electron chi connectivity index (χ1n) is 8.01. The summed E-state index contributed by atoms with van der Waals surface area (Å²) in [5, 5.41) is 0. The average molecular weight is 264 g/mol. The molecule has 5 atom stereocenters. The van der Waals surface area contributed by atoms with E-state index in [4.69, 9.17) is 5.73 Å². The molecule has 0 aromatic carbocycles. The number of rotatable bonds is 5. The first-order chi connectivity index (χ1) is 9.00. The summed E-state index contributed by atoms with van der Waals surface area (Å²) >= 11 is 0. The number of carbonyl (C=O) groups is 1. The summed E-state index contributed by atoms with van der Waals surface area (Å²) in [4.78, 5) is 14.5. The van der Waals surface area contributed by atoms with Crippen LogP contribution in [0.25, 0.3) is 0 Å². The van der Waals surface area contributed by atoms with Crippen LogP contribution in [0.5, 0.6) is 0 Å². The second-order valence-electron chi connectivity index (χ2n) is 7.47. The molecule has 3 fully saturated rings. The Hall–Kier alpha value is -0.570. The van der Waals surface area contributed by atoms with E-state index in [1.807, 2.05) is 11.9 Å². The first kappa shape index (κ1) is 13.4. The fraction of sp³-hybridized carbons (Fsp3) is 0.938. The number of hydrogen-bond donors (Lipinski definition) is 1. The smallest absolute Gasteiger partial charge is 0.226 e. The van der Waals surface area contributed by atoms with Gasteiger partial charge in [-0.05, 0) is 55.3 Å². The molecule has 0 radical (unpaired) electrons. The van der Waals surface area contributed by atoms with E-state index in [2.05, 4.69) is 13.8 Å². The number of fused-ring (bicyclic) bond motifs is 5. The van der Waals surface area contributed by atoms with E-state index < -0.39 is 0 Å². The summed E-state index contributed by atoms with van der Waals surface area (Å²) in [5.74, 6) is 4.57. The topological polar surface area (TPSA) is 46.3 Å². The van der Waals surface area contributed by atoms with E-state index in [1.165, 1.54) is 19.3 Å². The molecule has 3 aliphatic rings. The minimum Gasteiger partial charge on any atom is -0.345 e. The Labute approximate surface area is 116 Å². The molecule has 3 rings (SSSR count). The van der Waals surface area contributed by atoms with Gasteiger partial charge in [0, 0.05) is 25.6 Å². The number of amides is 1. The molecular weight excluding hydrogens is 236 g/mol. The Bertz CT molecular complexity index is 352. The zero-order valence-electron chi connectivity index (χ0n) is 12.5. The van der Waals surface area contributed by atoms with Crippen LogP contribution >= 0.6 is 0 Å². The molecule has 3 saturated carbocycles. The third-order valence-corrected chi connectivity index (χ3v) is 6.05. The monoisotopic (exact) mass is 264 g/mol. The Balaban J connectivity index is 1.49. The maximum atomic E-state index is 12.5. The Kier molecular flexibility index (Phi) is 3.36. The van der Waals surface area contributed by atoms with Crippen LogP contribution in [0.2, 0.25) is 0 Å². The summed E-state index contributed by atoms with van der Waals surface area (Å²) in [6, 6.07) is 0.213. The van der Waals surface area contributed by atoms with Crippen molar-refractivity contribution in [2.45, 2.75) is 45.6 Å². The van der Waals surface area contributed by atoms with Crippen LogP contribution in [0.15, 0.2) is 0 Å². The summed E-state index contributed by atoms with van der Waals surface area (Å²) in [6.45, 7) is 5.12. The maximum Gasteiger partial charge on any atom is 0.226 e. The van der Waals surface area contributed by atoms with E-state index in [1.54, 1.807) is 0 Å². The van der Waals surface area contributed by atoms with Gasteiger partial charge in [0.05, 0.1) is 0 Å². The molecule has 0 saturated heterocycles. The minimum absolute atomic E-state index is 0.213. The molecule has 108 valence electrons. The molecule has 1 amide bonds.